The Kier molecular flexibility index (Phi) is 3.75. The number of amides is 1. The van der Waals surface area contributed by atoms with Crippen LogP contribution in [0.25, 0.3) is 0 Å². The monoisotopic (exact) mass is 245 g/mol. The lowest BCUT2D eigenvalue weighted by Crippen LogP contribution is -2.40. The maximum atomic E-state index is 11.6. The lowest BCUT2D eigenvalue weighted by atomic mass is 9.63. The van der Waals surface area contributed by atoms with Crippen LogP contribution in [0.15, 0.2) is 0 Å². The zero-order chi connectivity index (χ0) is 11.6. The van der Waals surface area contributed by atoms with Crippen molar-refractivity contribution in [3.8, 4) is 0 Å². The van der Waals surface area contributed by atoms with Gasteiger partial charge in [-0.15, -0.1) is 11.6 Å². The second-order valence-electron chi connectivity index (χ2n) is 4.98. The molecule has 4 heteroatoms. The summed E-state index contributed by atoms with van der Waals surface area (Å²) in [5.41, 5.74) is 0.358. The van der Waals surface area contributed by atoms with Gasteiger partial charge in [0.2, 0.25) is 5.91 Å². The van der Waals surface area contributed by atoms with E-state index in [1.807, 2.05) is 11.8 Å². The molecule has 2 aliphatic rings. The van der Waals surface area contributed by atoms with Gasteiger partial charge in [0.25, 0.3) is 0 Å². The summed E-state index contributed by atoms with van der Waals surface area (Å²) in [6.45, 7) is 5.31. The smallest absolute Gasteiger partial charge is 0.237 e. The Morgan fingerprint density at radius 2 is 2.31 bits per heavy atom. The quantitative estimate of drug-likeness (QED) is 0.708. The molecule has 1 aliphatic heterocycles. The number of carbonyl (C=O) groups is 1. The van der Waals surface area contributed by atoms with Crippen molar-refractivity contribution in [3.05, 3.63) is 0 Å². The van der Waals surface area contributed by atoms with Crippen LogP contribution in [0.2, 0.25) is 0 Å². The van der Waals surface area contributed by atoms with Crippen molar-refractivity contribution in [2.24, 2.45) is 11.3 Å². The number of hydrogen-bond donors (Lipinski definition) is 0. The lowest BCUT2D eigenvalue weighted by molar-refractivity contribution is -0.128. The van der Waals surface area contributed by atoms with E-state index < -0.39 is 0 Å². The van der Waals surface area contributed by atoms with Crippen molar-refractivity contribution < 1.29 is 9.53 Å². The number of rotatable bonds is 4. The molecule has 0 unspecified atom stereocenters. The molecule has 0 aromatic rings. The molecule has 2 fully saturated rings. The highest BCUT2D eigenvalue weighted by Gasteiger charge is 2.51. The van der Waals surface area contributed by atoms with E-state index in [9.17, 15) is 4.79 Å². The Labute approximate surface area is 102 Å². The molecule has 1 amide bonds. The molecular formula is C12H20ClNO2. The zero-order valence-electron chi connectivity index (χ0n) is 9.88. The maximum absolute atomic E-state index is 11.6. The fourth-order valence-electron chi connectivity index (χ4n) is 2.99. The van der Waals surface area contributed by atoms with Gasteiger partial charge in [-0.1, -0.05) is 6.42 Å². The molecule has 92 valence electrons. The first-order valence-electron chi connectivity index (χ1n) is 6.13. The molecule has 1 saturated heterocycles. The molecule has 3 nitrogen and oxygen atoms in total. The molecule has 1 aliphatic carbocycles. The van der Waals surface area contributed by atoms with Gasteiger partial charge in [-0.25, -0.2) is 0 Å². The summed E-state index contributed by atoms with van der Waals surface area (Å²) in [7, 11) is 0. The summed E-state index contributed by atoms with van der Waals surface area (Å²) >= 11 is 5.62. The molecule has 1 spiro atoms. The van der Waals surface area contributed by atoms with Crippen molar-refractivity contribution in [1.82, 2.24) is 4.90 Å². The van der Waals surface area contributed by atoms with E-state index in [0.29, 0.717) is 11.3 Å². The molecule has 1 heterocycles. The minimum Gasteiger partial charge on any atom is -0.381 e. The van der Waals surface area contributed by atoms with Crippen LogP contribution in [-0.2, 0) is 9.53 Å². The van der Waals surface area contributed by atoms with Gasteiger partial charge in [0.15, 0.2) is 0 Å². The Morgan fingerprint density at radius 1 is 1.56 bits per heavy atom. The first-order valence-corrected chi connectivity index (χ1v) is 6.67. The molecular weight excluding hydrogens is 226 g/mol. The number of likely N-dealkylation sites (tertiary alicyclic amines) is 1. The molecule has 2 rings (SSSR count). The minimum atomic E-state index is 0.0759. The highest BCUT2D eigenvalue weighted by molar-refractivity contribution is 6.27. The summed E-state index contributed by atoms with van der Waals surface area (Å²) in [5.74, 6) is 0.706. The van der Waals surface area contributed by atoms with Crippen LogP contribution in [0.4, 0.5) is 0 Å². The van der Waals surface area contributed by atoms with Crippen LogP contribution in [-0.4, -0.2) is 43.0 Å². The molecule has 0 radical (unpaired) electrons. The Hall–Kier alpha value is -0.280. The first-order chi connectivity index (χ1) is 7.72. The summed E-state index contributed by atoms with van der Waals surface area (Å²) in [4.78, 5) is 13.5. The standard InChI is InChI=1S/C12H20ClNO2/c1-2-16-8-10-7-14(11(15)6-13)9-12(10)4-3-5-12/h10H,2-9H2,1H3/t10-/m0/s1. The number of carbonyl (C=O) groups excluding carboxylic acids is 1. The number of alkyl halides is 1. The molecule has 0 N–H and O–H groups in total. The summed E-state index contributed by atoms with van der Waals surface area (Å²) in [6.07, 6.45) is 3.79. The highest BCUT2D eigenvalue weighted by atomic mass is 35.5. The van der Waals surface area contributed by atoms with Crippen molar-refractivity contribution in [2.75, 3.05) is 32.2 Å². The molecule has 0 aromatic heterocycles. The average molecular weight is 246 g/mol. The average Bonchev–Trinajstić information content (AvgIpc) is 2.64. The molecule has 1 atom stereocenters. The second-order valence-corrected chi connectivity index (χ2v) is 5.25. The van der Waals surface area contributed by atoms with E-state index in [4.69, 9.17) is 16.3 Å². The zero-order valence-corrected chi connectivity index (χ0v) is 10.6. The Morgan fingerprint density at radius 3 is 2.81 bits per heavy atom. The third-order valence-electron chi connectivity index (χ3n) is 4.15. The molecule has 0 aromatic carbocycles. The second kappa shape index (κ2) is 4.92. The predicted molar refractivity (Wildman–Crippen MR) is 63.6 cm³/mol. The summed E-state index contributed by atoms with van der Waals surface area (Å²) in [5, 5.41) is 0. The van der Waals surface area contributed by atoms with E-state index >= 15 is 0 Å². The van der Waals surface area contributed by atoms with E-state index in [-0.39, 0.29) is 11.8 Å². The molecule has 16 heavy (non-hydrogen) atoms. The van der Waals surface area contributed by atoms with Crippen LogP contribution in [0.3, 0.4) is 0 Å². The maximum Gasteiger partial charge on any atom is 0.237 e. The highest BCUT2D eigenvalue weighted by Crippen LogP contribution is 2.51. The summed E-state index contributed by atoms with van der Waals surface area (Å²) < 4.78 is 5.54. The third kappa shape index (κ3) is 2.07. The van der Waals surface area contributed by atoms with Gasteiger partial charge >= 0.3 is 0 Å². The summed E-state index contributed by atoms with van der Waals surface area (Å²) in [6, 6.07) is 0. The predicted octanol–water partition coefficient (Wildman–Crippen LogP) is 1.89. The number of halogens is 1. The van der Waals surface area contributed by atoms with Crippen LogP contribution in [0.5, 0.6) is 0 Å². The van der Waals surface area contributed by atoms with Gasteiger partial charge in [0.05, 0.1) is 6.61 Å². The number of nitrogens with zero attached hydrogens (tertiary/aromatic N) is 1. The largest absolute Gasteiger partial charge is 0.381 e. The topological polar surface area (TPSA) is 29.5 Å². The van der Waals surface area contributed by atoms with Gasteiger partial charge in [-0.2, -0.15) is 0 Å². The van der Waals surface area contributed by atoms with E-state index in [2.05, 4.69) is 0 Å². The van der Waals surface area contributed by atoms with Gasteiger partial charge in [0.1, 0.15) is 5.88 Å². The van der Waals surface area contributed by atoms with Crippen LogP contribution in [0.1, 0.15) is 26.2 Å². The Balaban J connectivity index is 1.98. The van der Waals surface area contributed by atoms with Gasteiger partial charge in [-0.3, -0.25) is 4.79 Å². The van der Waals surface area contributed by atoms with Crippen LogP contribution < -0.4 is 0 Å². The van der Waals surface area contributed by atoms with Gasteiger partial charge < -0.3 is 9.64 Å². The molecule has 0 bridgehead atoms. The fraction of sp³-hybridized carbons (Fsp3) is 0.917. The van der Waals surface area contributed by atoms with E-state index in [1.165, 1.54) is 19.3 Å². The minimum absolute atomic E-state index is 0.0759. The van der Waals surface area contributed by atoms with Crippen LogP contribution >= 0.6 is 11.6 Å². The Bertz CT molecular complexity index is 266. The fourth-order valence-corrected chi connectivity index (χ4v) is 3.16. The number of ether oxygens (including phenoxy) is 1. The normalized spacial score (nSPS) is 27.1. The molecule has 1 saturated carbocycles. The van der Waals surface area contributed by atoms with Crippen molar-refractivity contribution >= 4 is 17.5 Å². The lowest BCUT2D eigenvalue weighted by Gasteiger charge is -2.42. The van der Waals surface area contributed by atoms with Gasteiger partial charge in [0, 0.05) is 25.6 Å². The number of hydrogen-bond acceptors (Lipinski definition) is 2. The van der Waals surface area contributed by atoms with Crippen molar-refractivity contribution in [3.63, 3.8) is 0 Å². The third-order valence-corrected chi connectivity index (χ3v) is 4.38. The SMILES string of the molecule is CCOC[C@@H]1CN(C(=O)CCl)CC12CCC2. The van der Waals surface area contributed by atoms with E-state index in [1.54, 1.807) is 0 Å². The van der Waals surface area contributed by atoms with E-state index in [0.717, 1.165) is 26.3 Å². The van der Waals surface area contributed by atoms with Gasteiger partial charge in [-0.05, 0) is 25.2 Å². The first kappa shape index (κ1) is 12.2. The van der Waals surface area contributed by atoms with Crippen molar-refractivity contribution in [2.45, 2.75) is 26.2 Å². The van der Waals surface area contributed by atoms with Crippen molar-refractivity contribution in [1.29, 1.82) is 0 Å². The van der Waals surface area contributed by atoms with Crippen LogP contribution in [0, 0.1) is 11.3 Å².